The third kappa shape index (κ3) is 3.22. The van der Waals surface area contributed by atoms with E-state index in [1.165, 1.54) is 6.07 Å². The summed E-state index contributed by atoms with van der Waals surface area (Å²) in [5.74, 6) is 0. The summed E-state index contributed by atoms with van der Waals surface area (Å²) in [6, 6.07) is 4.50. The maximum Gasteiger partial charge on any atom is 0.416 e. The molecular formula is C11H11BrF3N. The van der Waals surface area contributed by atoms with Gasteiger partial charge in [-0.3, -0.25) is 0 Å². The minimum Gasteiger partial charge on any atom is -0.310 e. The highest BCUT2D eigenvalue weighted by Crippen LogP contribution is 2.32. The Balaban J connectivity index is 2.14. The molecule has 0 bridgehead atoms. The van der Waals surface area contributed by atoms with E-state index in [1.807, 2.05) is 0 Å². The van der Waals surface area contributed by atoms with E-state index in [4.69, 9.17) is 0 Å². The summed E-state index contributed by atoms with van der Waals surface area (Å²) >= 11 is 3.10. The van der Waals surface area contributed by atoms with Crippen LogP contribution in [0, 0.1) is 0 Å². The molecule has 0 aromatic heterocycles. The molecule has 0 radical (unpaired) electrons. The quantitative estimate of drug-likeness (QED) is 0.896. The van der Waals surface area contributed by atoms with Crippen molar-refractivity contribution < 1.29 is 13.2 Å². The zero-order chi connectivity index (χ0) is 11.8. The summed E-state index contributed by atoms with van der Waals surface area (Å²) in [7, 11) is 0. The van der Waals surface area contributed by atoms with Crippen molar-refractivity contribution in [2.75, 3.05) is 0 Å². The predicted molar refractivity (Wildman–Crippen MR) is 59.0 cm³/mol. The normalized spacial score (nSPS) is 16.5. The molecule has 1 nitrogen and oxygen atoms in total. The van der Waals surface area contributed by atoms with Crippen LogP contribution in [0.4, 0.5) is 13.2 Å². The van der Waals surface area contributed by atoms with Gasteiger partial charge in [-0.1, -0.05) is 15.9 Å². The fraction of sp³-hybridized carbons (Fsp3) is 0.455. The van der Waals surface area contributed by atoms with Gasteiger partial charge in [0.1, 0.15) is 0 Å². The van der Waals surface area contributed by atoms with Crippen LogP contribution >= 0.6 is 15.9 Å². The van der Waals surface area contributed by atoms with E-state index in [0.29, 0.717) is 22.6 Å². The van der Waals surface area contributed by atoms with E-state index in [0.717, 1.165) is 18.9 Å². The van der Waals surface area contributed by atoms with E-state index in [-0.39, 0.29) is 0 Å². The van der Waals surface area contributed by atoms with Gasteiger partial charge < -0.3 is 5.32 Å². The monoisotopic (exact) mass is 293 g/mol. The Kier molecular flexibility index (Phi) is 3.26. The highest BCUT2D eigenvalue weighted by Gasteiger charge is 2.31. The van der Waals surface area contributed by atoms with Crippen LogP contribution in [0.3, 0.4) is 0 Å². The molecule has 88 valence electrons. The first-order chi connectivity index (χ1) is 7.45. The van der Waals surface area contributed by atoms with Crippen LogP contribution in [0.1, 0.15) is 24.0 Å². The third-order valence-corrected chi connectivity index (χ3v) is 2.91. The Bertz CT molecular complexity index is 385. The molecule has 1 aromatic carbocycles. The van der Waals surface area contributed by atoms with Crippen LogP contribution in [-0.2, 0) is 12.7 Å². The number of nitrogens with one attached hydrogen (secondary N) is 1. The number of halogens is 4. The second-order valence-electron chi connectivity index (χ2n) is 4.00. The Hall–Kier alpha value is -0.550. The molecule has 0 atom stereocenters. The molecule has 1 aliphatic carbocycles. The smallest absolute Gasteiger partial charge is 0.310 e. The lowest BCUT2D eigenvalue weighted by Gasteiger charge is -2.10. The summed E-state index contributed by atoms with van der Waals surface area (Å²) in [6.45, 7) is 0.493. The van der Waals surface area contributed by atoms with Crippen molar-refractivity contribution in [3.05, 3.63) is 33.8 Å². The molecule has 0 spiro atoms. The maximum atomic E-state index is 12.5. The molecule has 2 rings (SSSR count). The standard InChI is InChI=1S/C11H11BrF3N/c12-9-4-7(6-16-10-1-2-10)3-8(5-9)11(13,14)15/h3-5,10,16H,1-2,6H2. The van der Waals surface area contributed by atoms with Crippen molar-refractivity contribution in [3.63, 3.8) is 0 Å². The van der Waals surface area contributed by atoms with E-state index >= 15 is 0 Å². The number of alkyl halides is 3. The van der Waals surface area contributed by atoms with Gasteiger partial charge in [-0.2, -0.15) is 13.2 Å². The number of hydrogen-bond donors (Lipinski definition) is 1. The zero-order valence-electron chi connectivity index (χ0n) is 8.44. The Morgan fingerprint density at radius 2 is 1.94 bits per heavy atom. The molecule has 0 amide bonds. The first-order valence-electron chi connectivity index (χ1n) is 5.05. The molecule has 1 aliphatic rings. The molecule has 1 N–H and O–H groups in total. The van der Waals surface area contributed by atoms with Gasteiger partial charge in [0.05, 0.1) is 5.56 Å². The highest BCUT2D eigenvalue weighted by molar-refractivity contribution is 9.10. The van der Waals surface area contributed by atoms with Crippen molar-refractivity contribution in [1.29, 1.82) is 0 Å². The van der Waals surface area contributed by atoms with Crippen LogP contribution in [0.15, 0.2) is 22.7 Å². The lowest BCUT2D eigenvalue weighted by molar-refractivity contribution is -0.137. The molecule has 1 fully saturated rings. The van der Waals surface area contributed by atoms with Crippen LogP contribution in [0.25, 0.3) is 0 Å². The van der Waals surface area contributed by atoms with Crippen LogP contribution in [0.2, 0.25) is 0 Å². The molecule has 5 heteroatoms. The third-order valence-electron chi connectivity index (χ3n) is 2.46. The van der Waals surface area contributed by atoms with Crippen LogP contribution in [0.5, 0.6) is 0 Å². The van der Waals surface area contributed by atoms with Crippen molar-refractivity contribution in [2.45, 2.75) is 31.6 Å². The zero-order valence-corrected chi connectivity index (χ0v) is 10.0. The molecule has 0 unspecified atom stereocenters. The molecular weight excluding hydrogens is 283 g/mol. The van der Waals surface area contributed by atoms with Crippen molar-refractivity contribution in [1.82, 2.24) is 5.32 Å². The average Bonchev–Trinajstić information content (AvgIpc) is 2.96. The molecule has 0 saturated heterocycles. The Labute approximate surface area is 100 Å². The first kappa shape index (κ1) is 11.9. The largest absolute Gasteiger partial charge is 0.416 e. The Morgan fingerprint density at radius 3 is 2.50 bits per heavy atom. The lowest BCUT2D eigenvalue weighted by atomic mass is 10.1. The van der Waals surface area contributed by atoms with Gasteiger partial charge >= 0.3 is 6.18 Å². The second kappa shape index (κ2) is 4.37. The summed E-state index contributed by atoms with van der Waals surface area (Å²) < 4.78 is 38.0. The highest BCUT2D eigenvalue weighted by atomic mass is 79.9. The van der Waals surface area contributed by atoms with E-state index in [9.17, 15) is 13.2 Å². The summed E-state index contributed by atoms with van der Waals surface area (Å²) in [5, 5.41) is 3.19. The van der Waals surface area contributed by atoms with Crippen molar-refractivity contribution >= 4 is 15.9 Å². The lowest BCUT2D eigenvalue weighted by Crippen LogP contribution is -2.16. The number of benzene rings is 1. The number of rotatable bonds is 3. The molecule has 16 heavy (non-hydrogen) atoms. The minimum atomic E-state index is -4.28. The SMILES string of the molecule is FC(F)(F)c1cc(Br)cc(CNC2CC2)c1. The number of hydrogen-bond acceptors (Lipinski definition) is 1. The minimum absolute atomic E-state index is 0.468. The van der Waals surface area contributed by atoms with Gasteiger partial charge in [-0.25, -0.2) is 0 Å². The van der Waals surface area contributed by atoms with Gasteiger partial charge in [0.15, 0.2) is 0 Å². The summed E-state index contributed by atoms with van der Waals surface area (Å²) in [4.78, 5) is 0. The van der Waals surface area contributed by atoms with Crippen LogP contribution in [-0.4, -0.2) is 6.04 Å². The molecule has 1 aromatic rings. The van der Waals surface area contributed by atoms with E-state index in [2.05, 4.69) is 21.2 Å². The predicted octanol–water partition coefficient (Wildman–Crippen LogP) is 3.72. The van der Waals surface area contributed by atoms with Crippen molar-refractivity contribution in [3.8, 4) is 0 Å². The summed E-state index contributed by atoms with van der Waals surface area (Å²) in [6.07, 6.45) is -2.03. The molecule has 1 saturated carbocycles. The fourth-order valence-electron chi connectivity index (χ4n) is 1.47. The molecule has 0 heterocycles. The van der Waals surface area contributed by atoms with Gasteiger partial charge in [-0.15, -0.1) is 0 Å². The van der Waals surface area contributed by atoms with Gasteiger partial charge in [-0.05, 0) is 36.6 Å². The van der Waals surface area contributed by atoms with E-state index in [1.54, 1.807) is 6.07 Å². The summed E-state index contributed by atoms with van der Waals surface area (Å²) in [5.41, 5.74) is 0.0584. The maximum absolute atomic E-state index is 12.5. The topological polar surface area (TPSA) is 12.0 Å². The van der Waals surface area contributed by atoms with Gasteiger partial charge in [0.25, 0.3) is 0 Å². The second-order valence-corrected chi connectivity index (χ2v) is 4.92. The average molecular weight is 294 g/mol. The van der Waals surface area contributed by atoms with Crippen LogP contribution < -0.4 is 5.32 Å². The fourth-order valence-corrected chi connectivity index (χ4v) is 2.01. The van der Waals surface area contributed by atoms with Gasteiger partial charge in [0, 0.05) is 17.1 Å². The van der Waals surface area contributed by atoms with Crippen molar-refractivity contribution in [2.24, 2.45) is 0 Å². The molecule has 0 aliphatic heterocycles. The Morgan fingerprint density at radius 1 is 1.25 bits per heavy atom. The van der Waals surface area contributed by atoms with Gasteiger partial charge in [0.2, 0.25) is 0 Å². The van der Waals surface area contributed by atoms with E-state index < -0.39 is 11.7 Å². The first-order valence-corrected chi connectivity index (χ1v) is 5.84.